The maximum Gasteiger partial charge on any atom is 0.418 e. The standard InChI is InChI=1S/C14H19F3N2/c1-19(9-11-2-3-11)13-5-4-10(6-7-18)8-12(13)14(15,16)17/h4-5,8,11H,2-3,6-7,9,18H2,1H3. The molecule has 0 spiro atoms. The summed E-state index contributed by atoms with van der Waals surface area (Å²) in [5, 5.41) is 0. The van der Waals surface area contributed by atoms with Crippen molar-refractivity contribution in [1.82, 2.24) is 0 Å². The first-order chi connectivity index (χ1) is 8.91. The van der Waals surface area contributed by atoms with Crippen LogP contribution in [0, 0.1) is 5.92 Å². The van der Waals surface area contributed by atoms with Crippen molar-refractivity contribution in [1.29, 1.82) is 0 Å². The van der Waals surface area contributed by atoms with Gasteiger partial charge in [-0.3, -0.25) is 0 Å². The number of anilines is 1. The second kappa shape index (κ2) is 5.41. The fourth-order valence-electron chi connectivity index (χ4n) is 2.25. The number of hydrogen-bond acceptors (Lipinski definition) is 2. The van der Waals surface area contributed by atoms with E-state index in [-0.39, 0.29) is 5.69 Å². The van der Waals surface area contributed by atoms with Crippen molar-refractivity contribution >= 4 is 5.69 Å². The fourth-order valence-corrected chi connectivity index (χ4v) is 2.25. The predicted octanol–water partition coefficient (Wildman–Crippen LogP) is 3.05. The molecule has 0 aromatic heterocycles. The monoisotopic (exact) mass is 272 g/mol. The lowest BCUT2D eigenvalue weighted by Gasteiger charge is -2.24. The van der Waals surface area contributed by atoms with Crippen LogP contribution in [0.1, 0.15) is 24.0 Å². The molecule has 106 valence electrons. The van der Waals surface area contributed by atoms with Gasteiger partial charge >= 0.3 is 6.18 Å². The Morgan fingerprint density at radius 1 is 1.32 bits per heavy atom. The topological polar surface area (TPSA) is 29.3 Å². The summed E-state index contributed by atoms with van der Waals surface area (Å²) < 4.78 is 39.4. The van der Waals surface area contributed by atoms with E-state index >= 15 is 0 Å². The van der Waals surface area contributed by atoms with Crippen molar-refractivity contribution in [2.45, 2.75) is 25.4 Å². The summed E-state index contributed by atoms with van der Waals surface area (Å²) in [4.78, 5) is 1.71. The van der Waals surface area contributed by atoms with Gasteiger partial charge in [0.05, 0.1) is 5.56 Å². The molecule has 0 bridgehead atoms. The van der Waals surface area contributed by atoms with Crippen LogP contribution < -0.4 is 10.6 Å². The minimum atomic E-state index is -4.32. The molecule has 2 rings (SSSR count). The normalized spacial score (nSPS) is 15.6. The Bertz CT molecular complexity index is 439. The highest BCUT2D eigenvalue weighted by atomic mass is 19.4. The van der Waals surface area contributed by atoms with E-state index in [2.05, 4.69) is 0 Å². The maximum absolute atomic E-state index is 13.1. The summed E-state index contributed by atoms with van der Waals surface area (Å²) in [6.07, 6.45) is -1.61. The Hall–Kier alpha value is -1.23. The molecule has 5 heteroatoms. The number of nitrogens with two attached hydrogens (primary N) is 1. The summed E-state index contributed by atoms with van der Waals surface area (Å²) in [6.45, 7) is 1.05. The first kappa shape index (κ1) is 14.2. The van der Waals surface area contributed by atoms with Gasteiger partial charge in [-0.05, 0) is 49.4 Å². The van der Waals surface area contributed by atoms with Crippen LogP contribution in [0.15, 0.2) is 18.2 Å². The summed E-state index contributed by atoms with van der Waals surface area (Å²) in [6, 6.07) is 4.53. The van der Waals surface area contributed by atoms with Crippen molar-refractivity contribution in [2.75, 3.05) is 25.0 Å². The van der Waals surface area contributed by atoms with Crippen molar-refractivity contribution in [3.63, 3.8) is 0 Å². The molecule has 1 aromatic rings. The van der Waals surface area contributed by atoms with Gasteiger partial charge in [0.2, 0.25) is 0 Å². The van der Waals surface area contributed by atoms with Crippen molar-refractivity contribution in [3.8, 4) is 0 Å². The molecular weight excluding hydrogens is 253 g/mol. The Labute approximate surface area is 111 Å². The van der Waals surface area contributed by atoms with Gasteiger partial charge < -0.3 is 10.6 Å². The molecule has 1 aliphatic carbocycles. The lowest BCUT2D eigenvalue weighted by molar-refractivity contribution is -0.137. The van der Waals surface area contributed by atoms with Crippen LogP contribution in [0.5, 0.6) is 0 Å². The molecule has 1 aliphatic rings. The zero-order valence-corrected chi connectivity index (χ0v) is 11.0. The van der Waals surface area contributed by atoms with Crippen molar-refractivity contribution in [3.05, 3.63) is 29.3 Å². The highest BCUT2D eigenvalue weighted by molar-refractivity contribution is 5.56. The van der Waals surface area contributed by atoms with Crippen LogP contribution >= 0.6 is 0 Å². The number of hydrogen-bond donors (Lipinski definition) is 1. The molecule has 0 amide bonds. The zero-order chi connectivity index (χ0) is 14.0. The number of rotatable bonds is 5. The van der Waals surface area contributed by atoms with Gasteiger partial charge in [0, 0.05) is 19.3 Å². The van der Waals surface area contributed by atoms with Gasteiger partial charge in [-0.15, -0.1) is 0 Å². The van der Waals surface area contributed by atoms with Gasteiger partial charge in [-0.25, -0.2) is 0 Å². The van der Waals surface area contributed by atoms with Crippen LogP contribution in [0.2, 0.25) is 0 Å². The first-order valence-corrected chi connectivity index (χ1v) is 6.53. The molecular formula is C14H19F3N2. The van der Waals surface area contributed by atoms with E-state index in [0.29, 0.717) is 31.0 Å². The molecule has 0 unspecified atom stereocenters. The molecule has 0 heterocycles. The Balaban J connectivity index is 2.29. The molecule has 1 saturated carbocycles. The van der Waals surface area contributed by atoms with Crippen LogP contribution in [0.3, 0.4) is 0 Å². The summed E-state index contributed by atoms with van der Waals surface area (Å²) in [5.41, 5.74) is 5.75. The zero-order valence-electron chi connectivity index (χ0n) is 11.0. The number of halogens is 3. The molecule has 0 radical (unpaired) electrons. The van der Waals surface area contributed by atoms with E-state index in [1.165, 1.54) is 6.07 Å². The number of benzene rings is 1. The largest absolute Gasteiger partial charge is 0.418 e. The number of alkyl halides is 3. The third kappa shape index (κ3) is 3.62. The average molecular weight is 272 g/mol. The molecule has 2 nitrogen and oxygen atoms in total. The van der Waals surface area contributed by atoms with Crippen LogP contribution in [-0.4, -0.2) is 20.1 Å². The van der Waals surface area contributed by atoms with E-state index < -0.39 is 11.7 Å². The molecule has 1 fully saturated rings. The van der Waals surface area contributed by atoms with E-state index in [1.54, 1.807) is 24.1 Å². The van der Waals surface area contributed by atoms with E-state index in [4.69, 9.17) is 5.73 Å². The molecule has 1 aromatic carbocycles. The summed E-state index contributed by atoms with van der Waals surface area (Å²) in [7, 11) is 1.73. The highest BCUT2D eigenvalue weighted by Gasteiger charge is 2.35. The molecule has 0 saturated heterocycles. The van der Waals surface area contributed by atoms with Gasteiger partial charge in [0.15, 0.2) is 0 Å². The van der Waals surface area contributed by atoms with Crippen molar-refractivity contribution in [2.24, 2.45) is 11.7 Å². The van der Waals surface area contributed by atoms with Crippen LogP contribution in [-0.2, 0) is 12.6 Å². The third-order valence-electron chi connectivity index (χ3n) is 3.44. The maximum atomic E-state index is 13.1. The fraction of sp³-hybridized carbons (Fsp3) is 0.571. The average Bonchev–Trinajstić information content (AvgIpc) is 3.12. The SMILES string of the molecule is CN(CC1CC1)c1ccc(CCN)cc1C(F)(F)F. The minimum Gasteiger partial charge on any atom is -0.374 e. The van der Waals surface area contributed by atoms with Crippen LogP contribution in [0.25, 0.3) is 0 Å². The Kier molecular flexibility index (Phi) is 4.04. The lowest BCUT2D eigenvalue weighted by Crippen LogP contribution is -2.23. The molecule has 19 heavy (non-hydrogen) atoms. The predicted molar refractivity (Wildman–Crippen MR) is 70.2 cm³/mol. The second-order valence-corrected chi connectivity index (χ2v) is 5.21. The first-order valence-electron chi connectivity index (χ1n) is 6.53. The van der Waals surface area contributed by atoms with Gasteiger partial charge in [0.1, 0.15) is 0 Å². The van der Waals surface area contributed by atoms with Crippen LogP contribution in [0.4, 0.5) is 18.9 Å². The minimum absolute atomic E-state index is 0.264. The van der Waals surface area contributed by atoms with Gasteiger partial charge in [0.25, 0.3) is 0 Å². The Morgan fingerprint density at radius 2 is 2.00 bits per heavy atom. The Morgan fingerprint density at radius 3 is 2.53 bits per heavy atom. The van der Waals surface area contributed by atoms with Crippen molar-refractivity contribution < 1.29 is 13.2 Å². The third-order valence-corrected chi connectivity index (χ3v) is 3.44. The van der Waals surface area contributed by atoms with E-state index in [9.17, 15) is 13.2 Å². The van der Waals surface area contributed by atoms with E-state index in [0.717, 1.165) is 12.8 Å². The molecule has 0 atom stereocenters. The quantitative estimate of drug-likeness (QED) is 0.892. The molecule has 2 N–H and O–H groups in total. The lowest BCUT2D eigenvalue weighted by atomic mass is 10.0. The summed E-state index contributed by atoms with van der Waals surface area (Å²) >= 11 is 0. The number of nitrogens with zero attached hydrogens (tertiary/aromatic N) is 1. The summed E-state index contributed by atoms with van der Waals surface area (Å²) in [5.74, 6) is 0.551. The smallest absolute Gasteiger partial charge is 0.374 e. The van der Waals surface area contributed by atoms with Gasteiger partial charge in [-0.1, -0.05) is 6.07 Å². The van der Waals surface area contributed by atoms with E-state index in [1.807, 2.05) is 0 Å². The van der Waals surface area contributed by atoms with Gasteiger partial charge in [-0.2, -0.15) is 13.2 Å². The second-order valence-electron chi connectivity index (χ2n) is 5.21. The molecule has 0 aliphatic heterocycles. The highest BCUT2D eigenvalue weighted by Crippen LogP contribution is 2.38.